The van der Waals surface area contributed by atoms with Crippen LogP contribution in [0.15, 0.2) is 29.4 Å². The van der Waals surface area contributed by atoms with Crippen LogP contribution in [0, 0.1) is 0 Å². The molecule has 0 aromatic carbocycles. The number of sulfonamides is 1. The summed E-state index contributed by atoms with van der Waals surface area (Å²) in [6.45, 7) is 2.73. The molecular weight excluding hydrogens is 288 g/mol. The molecule has 114 valence electrons. The molecule has 0 amide bonds. The third-order valence-electron chi connectivity index (χ3n) is 3.71. The van der Waals surface area contributed by atoms with Gasteiger partial charge in [-0.1, -0.05) is 13.0 Å². The van der Waals surface area contributed by atoms with Crippen LogP contribution in [0.25, 0.3) is 5.65 Å². The van der Waals surface area contributed by atoms with Crippen molar-refractivity contribution in [1.82, 2.24) is 13.7 Å². The van der Waals surface area contributed by atoms with Gasteiger partial charge in [0.2, 0.25) is 0 Å². The lowest BCUT2D eigenvalue weighted by molar-refractivity contribution is 0.461. The van der Waals surface area contributed by atoms with E-state index in [1.165, 1.54) is 4.31 Å². The highest BCUT2D eigenvalue weighted by molar-refractivity contribution is 7.89. The van der Waals surface area contributed by atoms with E-state index in [9.17, 15) is 8.42 Å². The van der Waals surface area contributed by atoms with Crippen LogP contribution in [0.3, 0.4) is 0 Å². The Morgan fingerprint density at radius 2 is 2.19 bits per heavy atom. The van der Waals surface area contributed by atoms with E-state index in [4.69, 9.17) is 0 Å². The first-order valence-electron chi connectivity index (χ1n) is 7.24. The molecule has 0 radical (unpaired) electrons. The molecule has 1 N–H and O–H groups in total. The molecule has 2 heterocycles. The Hall–Kier alpha value is -1.60. The van der Waals surface area contributed by atoms with Crippen molar-refractivity contribution in [3.63, 3.8) is 0 Å². The number of imidazole rings is 1. The van der Waals surface area contributed by atoms with E-state index >= 15 is 0 Å². The first-order chi connectivity index (χ1) is 10.1. The van der Waals surface area contributed by atoms with E-state index in [2.05, 4.69) is 10.3 Å². The van der Waals surface area contributed by atoms with E-state index in [1.54, 1.807) is 17.6 Å². The third kappa shape index (κ3) is 2.51. The number of nitrogens with zero attached hydrogens (tertiary/aromatic N) is 3. The van der Waals surface area contributed by atoms with Crippen LogP contribution in [-0.4, -0.2) is 41.7 Å². The molecule has 1 aliphatic rings. The van der Waals surface area contributed by atoms with Gasteiger partial charge in [-0.15, -0.1) is 0 Å². The number of hydrogen-bond donors (Lipinski definition) is 1. The van der Waals surface area contributed by atoms with Gasteiger partial charge in [-0.25, -0.2) is 13.4 Å². The van der Waals surface area contributed by atoms with Gasteiger partial charge in [0.15, 0.2) is 10.8 Å². The molecule has 6 nitrogen and oxygen atoms in total. The second kappa shape index (κ2) is 5.31. The maximum absolute atomic E-state index is 12.9. The Kier molecular flexibility index (Phi) is 3.62. The Morgan fingerprint density at radius 3 is 2.86 bits per heavy atom. The zero-order chi connectivity index (χ0) is 15.0. The Balaban J connectivity index is 2.14. The molecule has 0 spiro atoms. The average molecular weight is 308 g/mol. The van der Waals surface area contributed by atoms with E-state index in [1.807, 2.05) is 25.1 Å². The molecule has 0 bridgehead atoms. The molecule has 7 heteroatoms. The van der Waals surface area contributed by atoms with E-state index < -0.39 is 10.0 Å². The van der Waals surface area contributed by atoms with Gasteiger partial charge in [-0.05, 0) is 31.4 Å². The van der Waals surface area contributed by atoms with Crippen LogP contribution in [0.1, 0.15) is 26.2 Å². The van der Waals surface area contributed by atoms with Crippen LogP contribution in [0.2, 0.25) is 0 Å². The standard InChI is InChI=1S/C14H20N4O2S/c1-3-9-15-13-14(18-10-5-4-6-12(18)16-13)21(19,20)17(2)11-7-8-11/h4-6,10-11,15H,3,7-9H2,1-2H3. The van der Waals surface area contributed by atoms with Gasteiger partial charge in [-0.2, -0.15) is 4.31 Å². The zero-order valence-corrected chi connectivity index (χ0v) is 13.1. The SMILES string of the molecule is CCCNc1nc2ccccn2c1S(=O)(=O)N(C)C1CC1. The molecule has 0 aliphatic heterocycles. The predicted molar refractivity (Wildman–Crippen MR) is 81.9 cm³/mol. The minimum absolute atomic E-state index is 0.128. The molecule has 21 heavy (non-hydrogen) atoms. The fraction of sp³-hybridized carbons (Fsp3) is 0.500. The normalized spacial score (nSPS) is 15.8. The summed E-state index contributed by atoms with van der Waals surface area (Å²) in [5, 5.41) is 3.37. The summed E-state index contributed by atoms with van der Waals surface area (Å²) in [6.07, 6.45) is 4.52. The molecular formula is C14H20N4O2S. The number of pyridine rings is 1. The van der Waals surface area contributed by atoms with Crippen LogP contribution >= 0.6 is 0 Å². The molecule has 3 rings (SSSR count). The van der Waals surface area contributed by atoms with Crippen molar-refractivity contribution in [1.29, 1.82) is 0 Å². The fourth-order valence-corrected chi connectivity index (χ4v) is 3.99. The average Bonchev–Trinajstić information content (AvgIpc) is 3.24. The molecule has 0 atom stereocenters. The van der Waals surface area contributed by atoms with E-state index in [-0.39, 0.29) is 11.1 Å². The first kappa shape index (κ1) is 14.3. The number of fused-ring (bicyclic) bond motifs is 1. The molecule has 2 aromatic heterocycles. The van der Waals surface area contributed by atoms with Gasteiger partial charge in [0.05, 0.1) is 0 Å². The van der Waals surface area contributed by atoms with Crippen molar-refractivity contribution in [2.45, 2.75) is 37.3 Å². The van der Waals surface area contributed by atoms with Crippen LogP contribution < -0.4 is 5.32 Å². The smallest absolute Gasteiger partial charge is 0.262 e. The van der Waals surface area contributed by atoms with Crippen molar-refractivity contribution in [3.05, 3.63) is 24.4 Å². The lowest BCUT2D eigenvalue weighted by Crippen LogP contribution is -2.30. The molecule has 0 saturated heterocycles. The third-order valence-corrected chi connectivity index (χ3v) is 5.65. The lowest BCUT2D eigenvalue weighted by Gasteiger charge is -2.17. The van der Waals surface area contributed by atoms with Gasteiger partial charge in [-0.3, -0.25) is 4.40 Å². The highest BCUT2D eigenvalue weighted by atomic mass is 32.2. The number of anilines is 1. The van der Waals surface area contributed by atoms with Gasteiger partial charge in [0.25, 0.3) is 10.0 Å². The van der Waals surface area contributed by atoms with Crippen molar-refractivity contribution >= 4 is 21.5 Å². The van der Waals surface area contributed by atoms with Gasteiger partial charge in [0, 0.05) is 25.8 Å². The highest BCUT2D eigenvalue weighted by Gasteiger charge is 2.38. The topological polar surface area (TPSA) is 66.7 Å². The minimum atomic E-state index is -3.55. The summed E-state index contributed by atoms with van der Waals surface area (Å²) < 4.78 is 28.9. The summed E-state index contributed by atoms with van der Waals surface area (Å²) in [5.41, 5.74) is 0.638. The minimum Gasteiger partial charge on any atom is -0.368 e. The fourth-order valence-electron chi connectivity index (χ4n) is 2.35. The predicted octanol–water partition coefficient (Wildman–Crippen LogP) is 1.94. The molecule has 1 fully saturated rings. The highest BCUT2D eigenvalue weighted by Crippen LogP contribution is 2.33. The molecule has 1 aliphatic carbocycles. The van der Waals surface area contributed by atoms with E-state index in [0.29, 0.717) is 18.0 Å². The Morgan fingerprint density at radius 1 is 1.43 bits per heavy atom. The van der Waals surface area contributed by atoms with Crippen molar-refractivity contribution in [2.24, 2.45) is 0 Å². The number of hydrogen-bond acceptors (Lipinski definition) is 4. The van der Waals surface area contributed by atoms with Crippen LogP contribution in [-0.2, 0) is 10.0 Å². The summed E-state index contributed by atoms with van der Waals surface area (Å²) >= 11 is 0. The van der Waals surface area contributed by atoms with Crippen molar-refractivity contribution < 1.29 is 8.42 Å². The monoisotopic (exact) mass is 308 g/mol. The molecule has 2 aromatic rings. The second-order valence-corrected chi connectivity index (χ2v) is 7.29. The van der Waals surface area contributed by atoms with Gasteiger partial charge in [0.1, 0.15) is 5.65 Å². The summed E-state index contributed by atoms with van der Waals surface area (Å²) in [7, 11) is -1.90. The maximum atomic E-state index is 12.9. The van der Waals surface area contributed by atoms with Crippen LogP contribution in [0.4, 0.5) is 5.82 Å². The van der Waals surface area contributed by atoms with E-state index in [0.717, 1.165) is 19.3 Å². The van der Waals surface area contributed by atoms with Crippen LogP contribution in [0.5, 0.6) is 0 Å². The first-order valence-corrected chi connectivity index (χ1v) is 8.68. The molecule has 0 unspecified atom stereocenters. The van der Waals surface area contributed by atoms with Gasteiger partial charge < -0.3 is 5.32 Å². The maximum Gasteiger partial charge on any atom is 0.262 e. The summed E-state index contributed by atoms with van der Waals surface area (Å²) in [6, 6.07) is 5.61. The number of nitrogens with one attached hydrogen (secondary N) is 1. The summed E-state index contributed by atoms with van der Waals surface area (Å²) in [4.78, 5) is 4.42. The van der Waals surface area contributed by atoms with Crippen molar-refractivity contribution in [2.75, 3.05) is 18.9 Å². The Labute approximate surface area is 124 Å². The largest absolute Gasteiger partial charge is 0.368 e. The Bertz CT molecular complexity index is 749. The lowest BCUT2D eigenvalue weighted by atomic mass is 10.5. The van der Waals surface area contributed by atoms with Crippen molar-refractivity contribution in [3.8, 4) is 0 Å². The number of aromatic nitrogens is 2. The zero-order valence-electron chi connectivity index (χ0n) is 12.3. The quantitative estimate of drug-likeness (QED) is 0.885. The molecule has 1 saturated carbocycles. The summed E-state index contributed by atoms with van der Waals surface area (Å²) in [5.74, 6) is 0.440. The van der Waals surface area contributed by atoms with Gasteiger partial charge >= 0.3 is 0 Å². The second-order valence-electron chi connectivity index (χ2n) is 5.37. The number of rotatable bonds is 6.